The van der Waals surface area contributed by atoms with Crippen molar-refractivity contribution < 1.29 is 10.0 Å². The zero-order chi connectivity index (χ0) is 18.3. The number of hydrogen-bond acceptors (Lipinski definition) is 7. The molecule has 1 unspecified atom stereocenters. The third-order valence-electron chi connectivity index (χ3n) is 4.16. The first kappa shape index (κ1) is 16.8. The van der Waals surface area contributed by atoms with Gasteiger partial charge in [0.15, 0.2) is 4.77 Å². The lowest BCUT2D eigenvalue weighted by Gasteiger charge is -2.12. The van der Waals surface area contributed by atoms with Gasteiger partial charge in [-0.05, 0) is 17.8 Å². The molecule has 1 aliphatic rings. The van der Waals surface area contributed by atoms with Gasteiger partial charge in [0, 0.05) is 32.6 Å². The van der Waals surface area contributed by atoms with E-state index in [9.17, 15) is 20.0 Å². The summed E-state index contributed by atoms with van der Waals surface area (Å²) >= 11 is 5.09. The molecule has 2 aromatic rings. The fourth-order valence-electron chi connectivity index (χ4n) is 2.73. The minimum absolute atomic E-state index is 0.0200. The number of hydrazone groups is 1. The van der Waals surface area contributed by atoms with Crippen LogP contribution in [0.1, 0.15) is 23.6 Å². The Hall–Kier alpha value is -3.01. The lowest BCUT2D eigenvalue weighted by atomic mass is 9.99. The van der Waals surface area contributed by atoms with Crippen molar-refractivity contribution in [1.29, 1.82) is 0 Å². The highest BCUT2D eigenvalue weighted by Crippen LogP contribution is 2.28. The van der Waals surface area contributed by atoms with Gasteiger partial charge in [0.25, 0.3) is 11.2 Å². The molecule has 9 nitrogen and oxygen atoms in total. The molecule has 1 aromatic carbocycles. The fraction of sp³-hybridized carbons (Fsp3) is 0.267. The monoisotopic (exact) mass is 361 g/mol. The molecule has 0 radical (unpaired) electrons. The van der Waals surface area contributed by atoms with Gasteiger partial charge in [0.05, 0.1) is 16.7 Å². The van der Waals surface area contributed by atoms with Crippen molar-refractivity contribution in [1.82, 2.24) is 14.6 Å². The number of rotatable bonds is 3. The van der Waals surface area contributed by atoms with E-state index in [0.29, 0.717) is 17.7 Å². The maximum Gasteiger partial charge on any atom is 0.269 e. The normalized spacial score (nSPS) is 16.4. The lowest BCUT2D eigenvalue weighted by Crippen LogP contribution is -2.28. The first-order chi connectivity index (χ1) is 11.8. The van der Waals surface area contributed by atoms with Gasteiger partial charge in [-0.25, -0.2) is 0 Å². The van der Waals surface area contributed by atoms with Crippen LogP contribution in [0.15, 0.2) is 34.2 Å². The van der Waals surface area contributed by atoms with Gasteiger partial charge < -0.3 is 10.5 Å². The van der Waals surface area contributed by atoms with Crippen LogP contribution in [0.4, 0.5) is 5.69 Å². The van der Waals surface area contributed by atoms with Crippen LogP contribution in [0.5, 0.6) is 5.88 Å². The third-order valence-corrected chi connectivity index (χ3v) is 4.71. The summed E-state index contributed by atoms with van der Waals surface area (Å²) in [5.41, 5.74) is 3.52. The van der Waals surface area contributed by atoms with Crippen LogP contribution in [-0.4, -0.2) is 24.9 Å². The van der Waals surface area contributed by atoms with Crippen LogP contribution in [0, 0.1) is 14.9 Å². The molecule has 0 aliphatic carbocycles. The maximum absolute atomic E-state index is 12.5. The second kappa shape index (κ2) is 6.13. The van der Waals surface area contributed by atoms with Crippen LogP contribution < -0.4 is 11.0 Å². The highest BCUT2D eigenvalue weighted by atomic mass is 32.1. The Morgan fingerprint density at radius 1 is 1.40 bits per heavy atom. The van der Waals surface area contributed by atoms with E-state index in [1.807, 2.05) is 0 Å². The number of nitrogens with one attached hydrogen (secondary N) is 1. The van der Waals surface area contributed by atoms with Crippen molar-refractivity contribution in [3.8, 4) is 5.88 Å². The molecule has 0 amide bonds. The Labute approximate surface area is 147 Å². The number of aromatic nitrogens is 2. The van der Waals surface area contributed by atoms with Crippen molar-refractivity contribution in [2.75, 3.05) is 0 Å². The average Bonchev–Trinajstić information content (AvgIpc) is 3.08. The summed E-state index contributed by atoms with van der Waals surface area (Å²) < 4.78 is 2.77. The number of nitro groups is 1. The summed E-state index contributed by atoms with van der Waals surface area (Å²) in [6.07, 6.45) is 0.306. The smallest absolute Gasteiger partial charge is 0.269 e. The Bertz CT molecular complexity index is 1020. The first-order valence-electron chi connectivity index (χ1n) is 7.37. The third kappa shape index (κ3) is 2.80. The van der Waals surface area contributed by atoms with Crippen LogP contribution >= 0.6 is 12.2 Å². The number of aromatic hydroxyl groups is 1. The molecule has 130 valence electrons. The second-order valence-corrected chi connectivity index (χ2v) is 6.07. The topological polar surface area (TPSA) is 115 Å². The Morgan fingerprint density at radius 2 is 2.12 bits per heavy atom. The number of non-ortho nitro benzene ring substituents is 1. The predicted molar refractivity (Wildman–Crippen MR) is 93.3 cm³/mol. The summed E-state index contributed by atoms with van der Waals surface area (Å²) in [6.45, 7) is 0. The minimum atomic E-state index is -0.468. The van der Waals surface area contributed by atoms with E-state index in [1.54, 1.807) is 19.2 Å². The van der Waals surface area contributed by atoms with Gasteiger partial charge in [0.2, 0.25) is 5.88 Å². The molecular weight excluding hydrogens is 346 g/mol. The van der Waals surface area contributed by atoms with E-state index in [-0.39, 0.29) is 27.9 Å². The highest BCUT2D eigenvalue weighted by Gasteiger charge is 2.27. The summed E-state index contributed by atoms with van der Waals surface area (Å²) in [6, 6.07) is 5.88. The van der Waals surface area contributed by atoms with Gasteiger partial charge in [0.1, 0.15) is 5.56 Å². The van der Waals surface area contributed by atoms with Gasteiger partial charge >= 0.3 is 0 Å². The molecule has 0 saturated heterocycles. The van der Waals surface area contributed by atoms with Crippen LogP contribution in [-0.2, 0) is 14.1 Å². The number of nitro benzene ring substituents is 1. The minimum Gasteiger partial charge on any atom is -0.494 e. The van der Waals surface area contributed by atoms with Crippen LogP contribution in [0.25, 0.3) is 0 Å². The quantitative estimate of drug-likeness (QED) is 0.486. The summed E-state index contributed by atoms with van der Waals surface area (Å²) in [5, 5.41) is 25.4. The predicted octanol–water partition coefficient (Wildman–Crippen LogP) is 1.51. The van der Waals surface area contributed by atoms with Crippen molar-refractivity contribution in [2.24, 2.45) is 19.2 Å². The molecule has 3 rings (SSSR count). The molecule has 0 saturated carbocycles. The molecule has 0 spiro atoms. The van der Waals surface area contributed by atoms with Crippen LogP contribution in [0.3, 0.4) is 0 Å². The molecule has 10 heteroatoms. The standard InChI is InChI=1S/C15H15N5O4S/c1-18-13(21)12(14(22)19(2)15(18)25)11-7-10(16-17-11)8-4-3-5-9(6-8)20(23)24/h3-6,10,16,21H,7H2,1-2H3. The molecule has 1 aromatic heterocycles. The summed E-state index contributed by atoms with van der Waals surface area (Å²) in [4.78, 5) is 22.9. The molecule has 2 heterocycles. The molecule has 0 bridgehead atoms. The van der Waals surface area contributed by atoms with Crippen molar-refractivity contribution in [2.45, 2.75) is 12.5 Å². The van der Waals surface area contributed by atoms with Crippen molar-refractivity contribution in [3.63, 3.8) is 0 Å². The van der Waals surface area contributed by atoms with E-state index in [0.717, 1.165) is 0 Å². The number of benzene rings is 1. The Balaban J connectivity index is 1.97. The molecule has 2 N–H and O–H groups in total. The summed E-state index contributed by atoms with van der Waals surface area (Å²) in [5.74, 6) is -0.256. The van der Waals surface area contributed by atoms with Gasteiger partial charge in [-0.3, -0.25) is 24.0 Å². The van der Waals surface area contributed by atoms with Gasteiger partial charge in [-0.1, -0.05) is 12.1 Å². The Morgan fingerprint density at radius 3 is 2.80 bits per heavy atom. The van der Waals surface area contributed by atoms with E-state index in [2.05, 4.69) is 10.5 Å². The Kier molecular flexibility index (Phi) is 4.13. The van der Waals surface area contributed by atoms with E-state index in [1.165, 1.54) is 28.3 Å². The first-order valence-corrected chi connectivity index (χ1v) is 7.78. The number of nitrogens with zero attached hydrogens (tertiary/aromatic N) is 4. The lowest BCUT2D eigenvalue weighted by molar-refractivity contribution is -0.384. The SMILES string of the molecule is Cn1c(O)c(C2=NNC(c3cccc([N+](=O)[O-])c3)C2)c(=O)n(C)c1=S. The van der Waals surface area contributed by atoms with E-state index >= 15 is 0 Å². The van der Waals surface area contributed by atoms with Gasteiger partial charge in [-0.15, -0.1) is 0 Å². The molecule has 1 aliphatic heterocycles. The highest BCUT2D eigenvalue weighted by molar-refractivity contribution is 7.71. The zero-order valence-corrected chi connectivity index (χ0v) is 14.3. The van der Waals surface area contributed by atoms with E-state index in [4.69, 9.17) is 12.2 Å². The zero-order valence-electron chi connectivity index (χ0n) is 13.5. The maximum atomic E-state index is 12.5. The fourth-order valence-corrected chi connectivity index (χ4v) is 2.90. The number of hydrogen-bond donors (Lipinski definition) is 2. The van der Waals surface area contributed by atoms with Crippen molar-refractivity contribution in [3.05, 3.63) is 60.6 Å². The van der Waals surface area contributed by atoms with E-state index < -0.39 is 10.5 Å². The second-order valence-electron chi connectivity index (χ2n) is 5.70. The van der Waals surface area contributed by atoms with Crippen molar-refractivity contribution >= 4 is 23.6 Å². The summed E-state index contributed by atoms with van der Waals surface area (Å²) in [7, 11) is 3.08. The molecule has 1 atom stereocenters. The molecule has 25 heavy (non-hydrogen) atoms. The largest absolute Gasteiger partial charge is 0.494 e. The van der Waals surface area contributed by atoms with Crippen LogP contribution in [0.2, 0.25) is 0 Å². The van der Waals surface area contributed by atoms with Gasteiger partial charge in [-0.2, -0.15) is 5.10 Å². The average molecular weight is 361 g/mol. The molecule has 0 fully saturated rings. The molecular formula is C15H15N5O4S.